The van der Waals surface area contributed by atoms with Gasteiger partial charge in [0.1, 0.15) is 0 Å². The van der Waals surface area contributed by atoms with E-state index >= 15 is 0 Å². The van der Waals surface area contributed by atoms with Crippen LogP contribution in [0.25, 0.3) is 0 Å². The molecule has 0 aliphatic rings. The van der Waals surface area contributed by atoms with Gasteiger partial charge in [0.2, 0.25) is 0 Å². The van der Waals surface area contributed by atoms with Gasteiger partial charge in [-0.25, -0.2) is 0 Å². The van der Waals surface area contributed by atoms with Gasteiger partial charge in [-0.3, -0.25) is 0 Å². The minimum absolute atomic E-state index is 0.702. The Morgan fingerprint density at radius 3 is 0.882 bits per heavy atom. The molecule has 0 saturated heterocycles. The molecule has 0 aliphatic heterocycles. The summed E-state index contributed by atoms with van der Waals surface area (Å²) < 4.78 is 0. The summed E-state index contributed by atoms with van der Waals surface area (Å²) in [7, 11) is 0. The Morgan fingerprint density at radius 2 is 0.765 bits per heavy atom. The summed E-state index contributed by atoms with van der Waals surface area (Å²) in [5.41, 5.74) is 0.408. The van der Waals surface area contributed by atoms with Crippen molar-refractivity contribution in [3.63, 3.8) is 0 Å². The van der Waals surface area contributed by atoms with E-state index in [0.29, 0.717) is 22.6 Å². The van der Waals surface area contributed by atoms with Crippen LogP contribution in [0.5, 0.6) is 0 Å². The third kappa shape index (κ3) is 4.43. The molecule has 0 heterocycles. The molecule has 0 saturated carbocycles. The molecule has 0 radical (unpaired) electrons. The molecule has 17 heavy (non-hydrogen) atoms. The second kappa shape index (κ2) is 7.04. The quantitative estimate of drug-likeness (QED) is 0.513. The molecule has 0 aliphatic carbocycles. The molecule has 0 aromatic carbocycles. The van der Waals surface area contributed by atoms with Crippen molar-refractivity contribution in [1.82, 2.24) is 4.86 Å². The molecular weight excluding hydrogens is 378 g/mol. The normalized spacial score (nSPS) is 14.4. The van der Waals surface area contributed by atoms with Crippen molar-refractivity contribution in [1.29, 1.82) is 0 Å². The Kier molecular flexibility index (Phi) is 7.81. The van der Waals surface area contributed by atoms with Crippen molar-refractivity contribution in [2.75, 3.05) is 0 Å². The van der Waals surface area contributed by atoms with Crippen molar-refractivity contribution < 1.29 is 0 Å². The molecule has 0 bridgehead atoms. The van der Waals surface area contributed by atoms with Gasteiger partial charge < -0.3 is 0 Å². The second-order valence-electron chi connectivity index (χ2n) is 5.89. The molecular formula is C12H29NP2Se2. The van der Waals surface area contributed by atoms with Gasteiger partial charge in [0.05, 0.1) is 0 Å². The van der Waals surface area contributed by atoms with Crippen molar-refractivity contribution in [2.24, 2.45) is 0 Å². The second-order valence-corrected chi connectivity index (χ2v) is 21.3. The number of hydrogen-bond acceptors (Lipinski definition) is 1. The summed E-state index contributed by atoms with van der Waals surface area (Å²) in [4.78, 5) is 4.12. The zero-order valence-electron chi connectivity index (χ0n) is 12.5. The summed E-state index contributed by atoms with van der Waals surface area (Å²) in [5.74, 6) is 0. The van der Waals surface area contributed by atoms with E-state index in [0.717, 1.165) is 0 Å². The van der Waals surface area contributed by atoms with Crippen LogP contribution in [-0.4, -0.2) is 52.8 Å². The Labute approximate surface area is 124 Å². The Morgan fingerprint density at radius 1 is 0.588 bits per heavy atom. The van der Waals surface area contributed by atoms with Gasteiger partial charge in [0, 0.05) is 0 Å². The fraction of sp³-hybridized carbons (Fsp3) is 1.00. The van der Waals surface area contributed by atoms with Gasteiger partial charge in [-0.1, -0.05) is 0 Å². The van der Waals surface area contributed by atoms with Crippen molar-refractivity contribution in [2.45, 2.75) is 78.0 Å². The van der Waals surface area contributed by atoms with Crippen LogP contribution >= 0.6 is 11.3 Å². The van der Waals surface area contributed by atoms with Crippen LogP contribution in [0.3, 0.4) is 0 Å². The standard InChI is InChI=1S/C12H29NP2Se2/c1-9(2)14(16,10(3)4)13-15(17,11(5)6)12(7)8/h9-12H,1-8H3,(H,13,16,17). The van der Waals surface area contributed by atoms with Crippen molar-refractivity contribution in [3.05, 3.63) is 0 Å². The van der Waals surface area contributed by atoms with Gasteiger partial charge in [-0.2, -0.15) is 0 Å². The van der Waals surface area contributed by atoms with Gasteiger partial charge >= 0.3 is 124 Å². The van der Waals surface area contributed by atoms with Gasteiger partial charge in [-0.15, -0.1) is 0 Å². The van der Waals surface area contributed by atoms with Crippen LogP contribution in [0.4, 0.5) is 0 Å². The van der Waals surface area contributed by atoms with Crippen LogP contribution in [0, 0.1) is 0 Å². The van der Waals surface area contributed by atoms with E-state index in [1.807, 2.05) is 0 Å². The average Bonchev–Trinajstić information content (AvgIpc) is 2.15. The van der Waals surface area contributed by atoms with E-state index in [1.54, 1.807) is 0 Å². The van der Waals surface area contributed by atoms with Gasteiger partial charge in [0.25, 0.3) is 0 Å². The van der Waals surface area contributed by atoms with Gasteiger partial charge in [-0.05, 0) is 0 Å². The summed E-state index contributed by atoms with van der Waals surface area (Å²) in [6.07, 6.45) is 0. The molecule has 104 valence electrons. The van der Waals surface area contributed by atoms with Gasteiger partial charge in [0.15, 0.2) is 0 Å². The van der Waals surface area contributed by atoms with Crippen molar-refractivity contribution in [3.8, 4) is 0 Å². The predicted molar refractivity (Wildman–Crippen MR) is 89.0 cm³/mol. The van der Waals surface area contributed by atoms with E-state index in [1.165, 1.54) is 0 Å². The first-order valence-corrected chi connectivity index (χ1v) is 14.8. The van der Waals surface area contributed by atoms with E-state index < -0.39 is 11.3 Å². The van der Waals surface area contributed by atoms with Crippen LogP contribution < -0.4 is 4.86 Å². The third-order valence-electron chi connectivity index (χ3n) is 3.38. The van der Waals surface area contributed by atoms with Crippen LogP contribution in [0.1, 0.15) is 55.4 Å². The SMILES string of the molecule is CC(C)P(=[Se])(NP(=[Se])(C(C)C)C(C)C)C(C)C. The zero-order chi connectivity index (χ0) is 14.0. The van der Waals surface area contributed by atoms with E-state index in [4.69, 9.17) is 0 Å². The molecule has 0 aromatic rings. The first-order chi connectivity index (χ1) is 7.48. The molecule has 0 fully saturated rings. The molecule has 1 nitrogen and oxygen atoms in total. The zero-order valence-corrected chi connectivity index (χ0v) is 17.7. The number of nitrogens with one attached hydrogen (secondary N) is 1. The monoisotopic (exact) mass is 409 g/mol. The molecule has 0 atom stereocenters. The van der Waals surface area contributed by atoms with E-state index in [2.05, 4.69) is 90.4 Å². The summed E-state index contributed by atoms with van der Waals surface area (Å²) in [6.45, 7) is 18.8. The molecule has 0 unspecified atom stereocenters. The fourth-order valence-electron chi connectivity index (χ4n) is 1.90. The summed E-state index contributed by atoms with van der Waals surface area (Å²) in [5, 5.41) is 0. The number of rotatable bonds is 6. The minimum atomic E-state index is -1.20. The Bertz CT molecular complexity index is 279. The number of hydrogen-bond donors (Lipinski definition) is 1. The predicted octanol–water partition coefficient (Wildman–Crippen LogP) is 4.24. The summed E-state index contributed by atoms with van der Waals surface area (Å²) in [6, 6.07) is 0. The first-order valence-electron chi connectivity index (χ1n) is 6.46. The van der Waals surface area contributed by atoms with Crippen LogP contribution in [0.2, 0.25) is 0 Å². The fourth-order valence-corrected chi connectivity index (χ4v) is 17.4. The average molecular weight is 407 g/mol. The van der Waals surface area contributed by atoms with Crippen LogP contribution in [-0.2, 0) is 0 Å². The van der Waals surface area contributed by atoms with Crippen molar-refractivity contribution >= 4 is 41.5 Å². The van der Waals surface area contributed by atoms with E-state index in [-0.39, 0.29) is 0 Å². The molecule has 0 spiro atoms. The first kappa shape index (κ1) is 18.9. The molecule has 5 heteroatoms. The maximum atomic E-state index is 4.12. The van der Waals surface area contributed by atoms with Crippen LogP contribution in [0.15, 0.2) is 0 Å². The van der Waals surface area contributed by atoms with E-state index in [9.17, 15) is 0 Å². The molecule has 1 N–H and O–H groups in total. The third-order valence-corrected chi connectivity index (χ3v) is 25.7. The molecule has 0 aromatic heterocycles. The summed E-state index contributed by atoms with van der Waals surface area (Å²) >= 11 is 7.13. The Hall–Kier alpha value is 1.86. The topological polar surface area (TPSA) is 12.0 Å². The molecule has 0 rings (SSSR count). The Balaban J connectivity index is 5.39. The maximum absolute atomic E-state index is 4.12. The molecule has 0 amide bonds.